The lowest BCUT2D eigenvalue weighted by molar-refractivity contribution is -0.192. The number of halogens is 3. The fraction of sp³-hybridized carbons (Fsp3) is 0.724. The third-order valence-corrected chi connectivity index (χ3v) is 6.81. The van der Waals surface area contributed by atoms with Crippen LogP contribution in [0.25, 0.3) is 11.2 Å². The summed E-state index contributed by atoms with van der Waals surface area (Å²) in [6.07, 6.45) is 2.46. The molecule has 45 heavy (non-hydrogen) atoms. The first-order valence-corrected chi connectivity index (χ1v) is 14.9. The molecular weight excluding hydrogens is 595 g/mol. The maximum atomic E-state index is 13.6. The van der Waals surface area contributed by atoms with Crippen LogP contribution < -0.4 is 5.01 Å². The number of carboxylic acid groups (broad SMARTS) is 1. The van der Waals surface area contributed by atoms with E-state index in [2.05, 4.69) is 25.8 Å². The summed E-state index contributed by atoms with van der Waals surface area (Å²) in [4.78, 5) is 40.6. The monoisotopic (exact) mass is 641 g/mol. The van der Waals surface area contributed by atoms with E-state index in [0.717, 1.165) is 45.3 Å². The van der Waals surface area contributed by atoms with Crippen molar-refractivity contribution in [3.63, 3.8) is 0 Å². The van der Waals surface area contributed by atoms with Gasteiger partial charge in [0.25, 0.3) is 0 Å². The fourth-order valence-electron chi connectivity index (χ4n) is 4.78. The number of hydrogen-bond donors (Lipinski definition) is 1. The number of alkyl halides is 3. The third kappa shape index (κ3) is 12.3. The number of fused-ring (bicyclic) bond motifs is 1. The summed E-state index contributed by atoms with van der Waals surface area (Å²) >= 11 is 0. The van der Waals surface area contributed by atoms with Gasteiger partial charge in [0.2, 0.25) is 5.82 Å². The molecule has 0 unspecified atom stereocenters. The predicted octanol–water partition coefficient (Wildman–Crippen LogP) is 4.38. The predicted molar refractivity (Wildman–Crippen MR) is 162 cm³/mol. The van der Waals surface area contributed by atoms with Gasteiger partial charge in [0.1, 0.15) is 11.7 Å². The maximum absolute atomic E-state index is 13.6. The number of aryl methyl sites for hydroxylation is 1. The van der Waals surface area contributed by atoms with Crippen molar-refractivity contribution in [3.8, 4) is 6.07 Å². The van der Waals surface area contributed by atoms with E-state index in [1.54, 1.807) is 11.3 Å². The molecule has 0 saturated heterocycles. The van der Waals surface area contributed by atoms with Crippen LogP contribution in [0.4, 0.5) is 23.8 Å². The molecule has 0 bridgehead atoms. The Morgan fingerprint density at radius 2 is 1.62 bits per heavy atom. The van der Waals surface area contributed by atoms with Gasteiger partial charge in [0.15, 0.2) is 17.0 Å². The van der Waals surface area contributed by atoms with E-state index in [-0.39, 0.29) is 5.82 Å². The first-order chi connectivity index (χ1) is 20.9. The molecule has 0 radical (unpaired) electrons. The zero-order chi connectivity index (χ0) is 33.9. The highest BCUT2D eigenvalue weighted by atomic mass is 19.4. The van der Waals surface area contributed by atoms with Crippen LogP contribution in [0.3, 0.4) is 0 Å². The Bertz CT molecular complexity index is 1300. The molecule has 0 aliphatic heterocycles. The Labute approximate surface area is 262 Å². The van der Waals surface area contributed by atoms with Crippen LogP contribution >= 0.6 is 0 Å². The Morgan fingerprint density at radius 1 is 1.04 bits per heavy atom. The number of nitriles is 1. The summed E-state index contributed by atoms with van der Waals surface area (Å²) < 4.78 is 39.6. The molecule has 0 spiro atoms. The zero-order valence-electron chi connectivity index (χ0n) is 27.3. The van der Waals surface area contributed by atoms with Crippen molar-refractivity contribution in [3.05, 3.63) is 12.2 Å². The van der Waals surface area contributed by atoms with Gasteiger partial charge in [-0.3, -0.25) is 5.01 Å². The number of hydrazine groups is 1. The minimum absolute atomic E-state index is 0.0655. The molecule has 1 amide bonds. The van der Waals surface area contributed by atoms with E-state index in [1.165, 1.54) is 12.8 Å². The lowest BCUT2D eigenvalue weighted by Gasteiger charge is -2.38. The average Bonchev–Trinajstić information content (AvgIpc) is 3.58. The summed E-state index contributed by atoms with van der Waals surface area (Å²) in [5, 5.41) is 20.5. The van der Waals surface area contributed by atoms with Gasteiger partial charge in [-0.15, -0.1) is 0 Å². The molecule has 0 aromatic carbocycles. The Morgan fingerprint density at radius 3 is 2.13 bits per heavy atom. The molecule has 3 rings (SSSR count). The summed E-state index contributed by atoms with van der Waals surface area (Å²) in [6.45, 7) is 9.14. The van der Waals surface area contributed by atoms with Gasteiger partial charge in [0, 0.05) is 19.6 Å². The van der Waals surface area contributed by atoms with E-state index in [0.29, 0.717) is 36.0 Å². The summed E-state index contributed by atoms with van der Waals surface area (Å²) in [6, 6.07) is 2.12. The number of aromatic nitrogens is 4. The van der Waals surface area contributed by atoms with Crippen LogP contribution in [0.15, 0.2) is 6.33 Å². The summed E-state index contributed by atoms with van der Waals surface area (Å²) in [5.41, 5.74) is 0.551. The van der Waals surface area contributed by atoms with Crippen molar-refractivity contribution >= 4 is 29.0 Å². The Kier molecular flexibility index (Phi) is 13.8. The highest BCUT2D eigenvalue weighted by molar-refractivity contribution is 5.85. The first kappa shape index (κ1) is 37.5. The van der Waals surface area contributed by atoms with Crippen molar-refractivity contribution in [2.45, 2.75) is 77.6 Å². The molecule has 1 saturated carbocycles. The molecule has 2 heterocycles. The molecule has 1 aliphatic rings. The fourth-order valence-corrected chi connectivity index (χ4v) is 4.78. The largest absolute Gasteiger partial charge is 0.490 e. The van der Waals surface area contributed by atoms with Crippen LogP contribution in [-0.2, 0) is 16.1 Å². The lowest BCUT2D eigenvalue weighted by Crippen LogP contribution is -2.51. The minimum Gasteiger partial charge on any atom is -0.475 e. The second-order valence-electron chi connectivity index (χ2n) is 12.5. The molecule has 16 heteroatoms. The zero-order valence-corrected chi connectivity index (χ0v) is 27.3. The first-order valence-electron chi connectivity index (χ1n) is 14.9. The lowest BCUT2D eigenvalue weighted by atomic mass is 10.1. The van der Waals surface area contributed by atoms with Gasteiger partial charge in [-0.2, -0.15) is 28.4 Å². The van der Waals surface area contributed by atoms with E-state index < -0.39 is 23.8 Å². The quantitative estimate of drug-likeness (QED) is 0.330. The second kappa shape index (κ2) is 16.6. The van der Waals surface area contributed by atoms with Crippen LogP contribution in [-0.4, -0.2) is 118 Å². The van der Waals surface area contributed by atoms with Crippen LogP contribution in [0, 0.1) is 17.2 Å². The van der Waals surface area contributed by atoms with E-state index >= 15 is 0 Å². The van der Waals surface area contributed by atoms with Gasteiger partial charge in [-0.05, 0) is 93.7 Å². The molecule has 13 nitrogen and oxygen atoms in total. The summed E-state index contributed by atoms with van der Waals surface area (Å²) in [5.74, 6) is -1.80. The third-order valence-electron chi connectivity index (χ3n) is 6.81. The van der Waals surface area contributed by atoms with Gasteiger partial charge in [-0.25, -0.2) is 19.6 Å². The molecule has 0 atom stereocenters. The molecule has 1 aliphatic carbocycles. The van der Waals surface area contributed by atoms with E-state index in [9.17, 15) is 23.2 Å². The van der Waals surface area contributed by atoms with E-state index in [4.69, 9.17) is 19.6 Å². The number of ether oxygens (including phenoxy) is 1. The van der Waals surface area contributed by atoms with Crippen molar-refractivity contribution in [1.29, 1.82) is 5.26 Å². The van der Waals surface area contributed by atoms with Crippen molar-refractivity contribution < 1.29 is 32.6 Å². The molecule has 1 N–H and O–H groups in total. The number of aliphatic carboxylic acids is 1. The highest BCUT2D eigenvalue weighted by Crippen LogP contribution is 2.31. The van der Waals surface area contributed by atoms with Crippen molar-refractivity contribution in [2.75, 3.05) is 59.4 Å². The smallest absolute Gasteiger partial charge is 0.475 e. The topological polar surface area (TPSA) is 144 Å². The van der Waals surface area contributed by atoms with Gasteiger partial charge in [-0.1, -0.05) is 12.8 Å². The second-order valence-corrected chi connectivity index (χ2v) is 12.5. The number of hydrogen-bond acceptors (Lipinski definition) is 10. The van der Waals surface area contributed by atoms with Crippen molar-refractivity contribution in [1.82, 2.24) is 34.3 Å². The highest BCUT2D eigenvalue weighted by Gasteiger charge is 2.38. The number of carboxylic acids is 1. The van der Waals surface area contributed by atoms with Crippen LogP contribution in [0.5, 0.6) is 0 Å². The van der Waals surface area contributed by atoms with Gasteiger partial charge >= 0.3 is 18.2 Å². The van der Waals surface area contributed by atoms with Crippen molar-refractivity contribution in [2.24, 2.45) is 5.92 Å². The number of amides is 1. The number of rotatable bonds is 12. The Hall–Kier alpha value is -3.71. The number of carbonyl (C=O) groups excluding carboxylic acids is 1. The minimum atomic E-state index is -5.08. The molecule has 1 fully saturated rings. The number of carbonyl (C=O) groups is 2. The Balaban J connectivity index is 0.000000900. The maximum Gasteiger partial charge on any atom is 0.490 e. The van der Waals surface area contributed by atoms with Crippen LogP contribution in [0.1, 0.15) is 65.1 Å². The number of imidazole rings is 1. The average molecular weight is 642 g/mol. The molecular formula is C29H46F3N9O4. The molecule has 252 valence electrons. The molecule has 2 aromatic heterocycles. The van der Waals surface area contributed by atoms with E-state index in [1.807, 2.05) is 58.5 Å². The SMILES string of the molecule is CN(C)CCCN(C(=O)OC(C)(C)C)N(CC1CCCC1)c1nc(C#N)nc2c1ncn2CCCN(C)C.O=C(O)C(F)(F)F. The van der Waals surface area contributed by atoms with Gasteiger partial charge in [0.05, 0.1) is 6.33 Å². The normalized spacial score (nSPS) is 13.9. The number of nitrogens with zero attached hydrogens (tertiary/aromatic N) is 9. The van der Waals surface area contributed by atoms with Crippen LogP contribution in [0.2, 0.25) is 0 Å². The number of anilines is 1. The molecule has 2 aromatic rings. The summed E-state index contributed by atoms with van der Waals surface area (Å²) in [7, 11) is 8.12. The van der Waals surface area contributed by atoms with Gasteiger partial charge < -0.3 is 24.2 Å². The standard InChI is InChI=1S/C27H45N9O2.C2HF3O2/c1-27(2,3)38-26(37)35(17-11-15-33(6)7)36(19-21-12-8-9-13-21)25-23-24(30-22(18-28)31-25)34(20-29-23)16-10-14-32(4)5;3-2(4,5)1(6)7/h20-21H,8-17,19H2,1-7H3;(H,6,7).